The Kier molecular flexibility index (Phi) is 4.42. The van der Waals surface area contributed by atoms with Crippen molar-refractivity contribution in [3.05, 3.63) is 72.4 Å². The number of benzene rings is 1. The molecule has 0 spiro atoms. The van der Waals surface area contributed by atoms with Crippen LogP contribution >= 0.6 is 0 Å². The third-order valence-electron chi connectivity index (χ3n) is 3.61. The summed E-state index contributed by atoms with van der Waals surface area (Å²) in [6, 6.07) is 13.3. The Morgan fingerprint density at radius 3 is 2.61 bits per heavy atom. The third kappa shape index (κ3) is 3.42. The highest BCUT2D eigenvalue weighted by atomic mass is 16.1. The summed E-state index contributed by atoms with van der Waals surface area (Å²) in [5, 5.41) is 10.6. The maximum absolute atomic E-state index is 12.5. The Hall–Kier alpha value is -3.02. The molecule has 0 saturated carbocycles. The van der Waals surface area contributed by atoms with Crippen molar-refractivity contribution < 1.29 is 4.79 Å². The fourth-order valence-electron chi connectivity index (χ4n) is 2.37. The quantitative estimate of drug-likeness (QED) is 0.786. The van der Waals surface area contributed by atoms with Crippen LogP contribution in [0.4, 0.5) is 0 Å². The summed E-state index contributed by atoms with van der Waals surface area (Å²) in [6.07, 6.45) is 5.51. The predicted molar refractivity (Wildman–Crippen MR) is 86.1 cm³/mol. The van der Waals surface area contributed by atoms with Crippen LogP contribution in [0, 0.1) is 0 Å². The van der Waals surface area contributed by atoms with Gasteiger partial charge in [-0.2, -0.15) is 0 Å². The van der Waals surface area contributed by atoms with Crippen LogP contribution in [-0.4, -0.2) is 25.7 Å². The van der Waals surface area contributed by atoms with Gasteiger partial charge in [0.25, 0.3) is 5.91 Å². The molecule has 1 N–H and O–H groups in total. The third-order valence-corrected chi connectivity index (χ3v) is 3.61. The molecule has 0 radical (unpaired) electrons. The first-order valence-corrected chi connectivity index (χ1v) is 7.45. The summed E-state index contributed by atoms with van der Waals surface area (Å²) in [4.78, 5) is 16.8. The van der Waals surface area contributed by atoms with Crippen LogP contribution in [0.3, 0.4) is 0 Å². The topological polar surface area (TPSA) is 72.7 Å². The zero-order chi connectivity index (χ0) is 16.1. The molecular formula is C17H17N5O. The second-order valence-corrected chi connectivity index (χ2v) is 5.12. The van der Waals surface area contributed by atoms with E-state index in [0.717, 1.165) is 12.0 Å². The Morgan fingerprint density at radius 1 is 1.17 bits per heavy atom. The van der Waals surface area contributed by atoms with E-state index in [2.05, 4.69) is 20.5 Å². The van der Waals surface area contributed by atoms with Gasteiger partial charge in [0.2, 0.25) is 0 Å². The van der Waals surface area contributed by atoms with E-state index in [1.165, 1.54) is 0 Å². The molecule has 1 amide bonds. The van der Waals surface area contributed by atoms with Gasteiger partial charge >= 0.3 is 0 Å². The van der Waals surface area contributed by atoms with Crippen molar-refractivity contribution in [3.8, 4) is 5.82 Å². The molecule has 6 heteroatoms. The Balaban J connectivity index is 1.79. The number of nitrogens with one attached hydrogen (secondary N) is 1. The largest absolute Gasteiger partial charge is 0.345 e. The normalized spacial score (nSPS) is 11.9. The van der Waals surface area contributed by atoms with Gasteiger partial charge in [0.1, 0.15) is 18.5 Å². The van der Waals surface area contributed by atoms with E-state index in [0.29, 0.717) is 11.4 Å². The Labute approximate surface area is 134 Å². The van der Waals surface area contributed by atoms with Crippen molar-refractivity contribution in [1.29, 1.82) is 0 Å². The van der Waals surface area contributed by atoms with Gasteiger partial charge in [-0.15, -0.1) is 10.2 Å². The van der Waals surface area contributed by atoms with Crippen molar-refractivity contribution in [1.82, 2.24) is 25.1 Å². The van der Waals surface area contributed by atoms with Crippen molar-refractivity contribution in [2.45, 2.75) is 19.4 Å². The van der Waals surface area contributed by atoms with Gasteiger partial charge in [-0.05, 0) is 24.1 Å². The van der Waals surface area contributed by atoms with Gasteiger partial charge in [-0.25, -0.2) is 4.98 Å². The molecular weight excluding hydrogens is 290 g/mol. The van der Waals surface area contributed by atoms with Gasteiger partial charge in [-0.3, -0.25) is 9.36 Å². The molecule has 2 heterocycles. The summed E-state index contributed by atoms with van der Waals surface area (Å²) in [7, 11) is 0. The van der Waals surface area contributed by atoms with Crippen molar-refractivity contribution in [3.63, 3.8) is 0 Å². The number of hydrogen-bond donors (Lipinski definition) is 1. The number of hydrogen-bond acceptors (Lipinski definition) is 4. The fraction of sp³-hybridized carbons (Fsp3) is 0.176. The molecule has 0 saturated heterocycles. The number of amides is 1. The van der Waals surface area contributed by atoms with Crippen molar-refractivity contribution in [2.24, 2.45) is 0 Å². The Bertz CT molecular complexity index is 771. The molecule has 23 heavy (non-hydrogen) atoms. The molecule has 0 aliphatic heterocycles. The SMILES string of the molecule is CC[C@@H](NC(=O)c1ccnc(-n2cnnc2)c1)c1ccccc1. The van der Waals surface area contributed by atoms with E-state index >= 15 is 0 Å². The van der Waals surface area contributed by atoms with Gasteiger partial charge in [0, 0.05) is 11.8 Å². The number of aromatic nitrogens is 4. The average molecular weight is 307 g/mol. The molecule has 1 aromatic carbocycles. The first-order chi connectivity index (χ1) is 11.3. The predicted octanol–water partition coefficient (Wildman–Crippen LogP) is 2.54. The maximum atomic E-state index is 12.5. The summed E-state index contributed by atoms with van der Waals surface area (Å²) in [5.74, 6) is 0.479. The lowest BCUT2D eigenvalue weighted by atomic mass is 10.0. The van der Waals surface area contributed by atoms with Crippen LogP contribution in [-0.2, 0) is 0 Å². The number of carbonyl (C=O) groups excluding carboxylic acids is 1. The van der Waals surface area contributed by atoms with Crippen LogP contribution in [0.15, 0.2) is 61.3 Å². The minimum Gasteiger partial charge on any atom is -0.345 e. The van der Waals surface area contributed by atoms with Crippen molar-refractivity contribution >= 4 is 5.91 Å². The van der Waals surface area contributed by atoms with Crippen LogP contribution in [0.2, 0.25) is 0 Å². The van der Waals surface area contributed by atoms with Crippen LogP contribution < -0.4 is 5.32 Å². The minimum atomic E-state index is -0.127. The molecule has 3 rings (SSSR count). The lowest BCUT2D eigenvalue weighted by Gasteiger charge is -2.17. The number of rotatable bonds is 5. The van der Waals surface area contributed by atoms with E-state index in [9.17, 15) is 4.79 Å². The lowest BCUT2D eigenvalue weighted by Crippen LogP contribution is -2.28. The molecule has 0 bridgehead atoms. The first-order valence-electron chi connectivity index (χ1n) is 7.45. The first kappa shape index (κ1) is 14.9. The highest BCUT2D eigenvalue weighted by Crippen LogP contribution is 2.17. The van der Waals surface area contributed by atoms with Gasteiger partial charge < -0.3 is 5.32 Å². The molecule has 116 valence electrons. The van der Waals surface area contributed by atoms with Crippen molar-refractivity contribution in [2.75, 3.05) is 0 Å². The molecule has 0 fully saturated rings. The van der Waals surface area contributed by atoms with E-state index in [1.54, 1.807) is 35.6 Å². The molecule has 6 nitrogen and oxygen atoms in total. The van der Waals surface area contributed by atoms with Gasteiger partial charge in [-0.1, -0.05) is 37.3 Å². The molecule has 1 atom stereocenters. The van der Waals surface area contributed by atoms with Crippen LogP contribution in [0.25, 0.3) is 5.82 Å². The van der Waals surface area contributed by atoms with Crippen LogP contribution in [0.1, 0.15) is 35.3 Å². The van der Waals surface area contributed by atoms with E-state index in [4.69, 9.17) is 0 Å². The average Bonchev–Trinajstić information content (AvgIpc) is 3.15. The summed E-state index contributed by atoms with van der Waals surface area (Å²) in [5.41, 5.74) is 1.65. The monoisotopic (exact) mass is 307 g/mol. The van der Waals surface area contributed by atoms with Crippen LogP contribution in [0.5, 0.6) is 0 Å². The van der Waals surface area contributed by atoms with Gasteiger partial charge in [0.05, 0.1) is 6.04 Å². The lowest BCUT2D eigenvalue weighted by molar-refractivity contribution is 0.0935. The maximum Gasteiger partial charge on any atom is 0.251 e. The molecule has 2 aromatic heterocycles. The Morgan fingerprint density at radius 2 is 1.91 bits per heavy atom. The second kappa shape index (κ2) is 6.83. The minimum absolute atomic E-state index is 0.0183. The summed E-state index contributed by atoms with van der Waals surface area (Å²) >= 11 is 0. The highest BCUT2D eigenvalue weighted by Gasteiger charge is 2.14. The van der Waals surface area contributed by atoms with E-state index < -0.39 is 0 Å². The van der Waals surface area contributed by atoms with E-state index in [-0.39, 0.29) is 11.9 Å². The fourth-order valence-corrected chi connectivity index (χ4v) is 2.37. The summed E-state index contributed by atoms with van der Waals surface area (Å²) < 4.78 is 1.66. The second-order valence-electron chi connectivity index (χ2n) is 5.12. The number of pyridine rings is 1. The van der Waals surface area contributed by atoms with E-state index in [1.807, 2.05) is 37.3 Å². The standard InChI is InChI=1S/C17H17N5O/c1-2-15(13-6-4-3-5-7-13)21-17(23)14-8-9-18-16(10-14)22-11-19-20-12-22/h3-12,15H,2H2,1H3,(H,21,23)/t15-/m1/s1. The molecule has 0 aliphatic carbocycles. The zero-order valence-electron chi connectivity index (χ0n) is 12.8. The van der Waals surface area contributed by atoms with Gasteiger partial charge in [0.15, 0.2) is 0 Å². The zero-order valence-corrected chi connectivity index (χ0v) is 12.8. The molecule has 0 unspecified atom stereocenters. The molecule has 3 aromatic rings. The summed E-state index contributed by atoms with van der Waals surface area (Å²) in [6.45, 7) is 2.05. The number of nitrogens with zero attached hydrogens (tertiary/aromatic N) is 4. The number of carbonyl (C=O) groups is 1. The smallest absolute Gasteiger partial charge is 0.251 e. The highest BCUT2D eigenvalue weighted by molar-refractivity contribution is 5.94. The molecule has 0 aliphatic rings.